The molecule has 1 aromatic rings. The maximum Gasteiger partial charge on any atom is 0.123 e. The smallest absolute Gasteiger partial charge is 0.123 e. The van der Waals surface area contributed by atoms with Crippen molar-refractivity contribution in [3.05, 3.63) is 35.6 Å². The first kappa shape index (κ1) is 14.9. The lowest BCUT2D eigenvalue weighted by Gasteiger charge is -2.26. The second-order valence-electron chi connectivity index (χ2n) is 6.48. The number of piperidine rings is 1. The second kappa shape index (κ2) is 6.86. The van der Waals surface area contributed by atoms with Gasteiger partial charge in [0.05, 0.1) is 6.10 Å². The molecule has 3 N–H and O–H groups in total. The molecule has 0 spiro atoms. The van der Waals surface area contributed by atoms with Crippen LogP contribution in [0.5, 0.6) is 0 Å². The summed E-state index contributed by atoms with van der Waals surface area (Å²) in [7, 11) is 0. The van der Waals surface area contributed by atoms with Crippen LogP contribution in [0.1, 0.15) is 43.8 Å². The zero-order valence-electron chi connectivity index (χ0n) is 12.4. The van der Waals surface area contributed by atoms with E-state index in [2.05, 4.69) is 10.6 Å². The van der Waals surface area contributed by atoms with Crippen molar-refractivity contribution < 1.29 is 9.50 Å². The van der Waals surface area contributed by atoms with E-state index in [0.717, 1.165) is 31.8 Å². The molecule has 2 aliphatic heterocycles. The van der Waals surface area contributed by atoms with Crippen molar-refractivity contribution in [3.8, 4) is 0 Å². The van der Waals surface area contributed by atoms with Crippen molar-refractivity contribution in [3.63, 3.8) is 0 Å². The molecule has 0 bridgehead atoms. The van der Waals surface area contributed by atoms with Gasteiger partial charge in [0, 0.05) is 12.1 Å². The van der Waals surface area contributed by atoms with Gasteiger partial charge in [0.1, 0.15) is 5.82 Å². The monoisotopic (exact) mass is 292 g/mol. The quantitative estimate of drug-likeness (QED) is 0.798. The third-order valence-electron chi connectivity index (χ3n) is 4.92. The Morgan fingerprint density at radius 3 is 2.76 bits per heavy atom. The van der Waals surface area contributed by atoms with Crippen LogP contribution < -0.4 is 10.6 Å². The molecular weight excluding hydrogens is 267 g/mol. The predicted octanol–water partition coefficient (Wildman–Crippen LogP) is 2.37. The molecule has 3 atom stereocenters. The van der Waals surface area contributed by atoms with Crippen molar-refractivity contribution in [1.29, 1.82) is 0 Å². The van der Waals surface area contributed by atoms with Gasteiger partial charge in [-0.05, 0) is 68.8 Å². The molecule has 3 nitrogen and oxygen atoms in total. The summed E-state index contributed by atoms with van der Waals surface area (Å²) >= 11 is 0. The Balaban J connectivity index is 1.53. The van der Waals surface area contributed by atoms with Crippen LogP contribution in [0.25, 0.3) is 0 Å². The van der Waals surface area contributed by atoms with Gasteiger partial charge in [0.15, 0.2) is 0 Å². The molecule has 116 valence electrons. The minimum Gasteiger partial charge on any atom is -0.387 e. The Morgan fingerprint density at radius 2 is 2.00 bits per heavy atom. The van der Waals surface area contributed by atoms with Crippen molar-refractivity contribution >= 4 is 0 Å². The summed E-state index contributed by atoms with van der Waals surface area (Å²) in [4.78, 5) is 0. The minimum atomic E-state index is -0.612. The molecule has 1 aromatic carbocycles. The topological polar surface area (TPSA) is 44.3 Å². The largest absolute Gasteiger partial charge is 0.387 e. The lowest BCUT2D eigenvalue weighted by atomic mass is 9.90. The first-order valence-electron chi connectivity index (χ1n) is 8.12. The number of hydrogen-bond acceptors (Lipinski definition) is 3. The van der Waals surface area contributed by atoms with Crippen LogP contribution in [0.15, 0.2) is 24.3 Å². The number of nitrogens with one attached hydrogen (secondary N) is 2. The lowest BCUT2D eigenvalue weighted by Crippen LogP contribution is -2.37. The molecule has 0 radical (unpaired) electrons. The third kappa shape index (κ3) is 3.82. The molecule has 2 aliphatic rings. The maximum atomic E-state index is 13.3. The highest BCUT2D eigenvalue weighted by Crippen LogP contribution is 2.29. The normalized spacial score (nSPS) is 28.7. The third-order valence-corrected chi connectivity index (χ3v) is 4.92. The first-order chi connectivity index (χ1) is 10.2. The van der Waals surface area contributed by atoms with E-state index >= 15 is 0 Å². The van der Waals surface area contributed by atoms with Gasteiger partial charge in [0.2, 0.25) is 0 Å². The summed E-state index contributed by atoms with van der Waals surface area (Å²) in [6, 6.07) is 6.87. The summed E-state index contributed by atoms with van der Waals surface area (Å²) in [5.41, 5.74) is 0.676. The molecule has 0 saturated carbocycles. The summed E-state index contributed by atoms with van der Waals surface area (Å²) in [6.07, 6.45) is 5.19. The van der Waals surface area contributed by atoms with Gasteiger partial charge in [-0.2, -0.15) is 0 Å². The number of rotatable bonds is 4. The van der Waals surface area contributed by atoms with Crippen LogP contribution in [0, 0.1) is 11.7 Å². The molecule has 2 saturated heterocycles. The fourth-order valence-electron chi connectivity index (χ4n) is 3.73. The molecule has 2 fully saturated rings. The van der Waals surface area contributed by atoms with Crippen LogP contribution in [0.3, 0.4) is 0 Å². The first-order valence-corrected chi connectivity index (χ1v) is 8.12. The Labute approximate surface area is 125 Å². The Kier molecular flexibility index (Phi) is 4.88. The van der Waals surface area contributed by atoms with Crippen LogP contribution in [-0.4, -0.2) is 30.3 Å². The van der Waals surface area contributed by atoms with E-state index in [4.69, 9.17) is 0 Å². The number of aliphatic hydroxyl groups excluding tert-OH is 1. The summed E-state index contributed by atoms with van der Waals surface area (Å²) in [5, 5.41) is 17.4. The highest BCUT2D eigenvalue weighted by molar-refractivity contribution is 5.20. The number of benzene rings is 1. The molecule has 3 rings (SSSR count). The molecule has 0 aliphatic carbocycles. The lowest BCUT2D eigenvalue weighted by molar-refractivity contribution is 0.133. The Bertz CT molecular complexity index is 462. The summed E-state index contributed by atoms with van der Waals surface area (Å²) < 4.78 is 13.3. The van der Waals surface area contributed by atoms with Crippen LogP contribution >= 0.6 is 0 Å². The number of hydrogen-bond donors (Lipinski definition) is 3. The zero-order valence-corrected chi connectivity index (χ0v) is 12.4. The number of aliphatic hydroxyl groups is 1. The molecule has 4 heteroatoms. The van der Waals surface area contributed by atoms with Crippen molar-refractivity contribution in [2.24, 2.45) is 5.92 Å². The van der Waals surface area contributed by atoms with Crippen molar-refractivity contribution in [1.82, 2.24) is 10.6 Å². The maximum absolute atomic E-state index is 13.3. The summed E-state index contributed by atoms with van der Waals surface area (Å²) in [5.74, 6) is 0.518. The van der Waals surface area contributed by atoms with Gasteiger partial charge in [-0.15, -0.1) is 0 Å². The van der Waals surface area contributed by atoms with Crippen molar-refractivity contribution in [2.75, 3.05) is 13.1 Å². The van der Waals surface area contributed by atoms with E-state index in [1.807, 2.05) is 0 Å². The number of halogens is 1. The molecule has 0 unspecified atom stereocenters. The second-order valence-corrected chi connectivity index (χ2v) is 6.48. The van der Waals surface area contributed by atoms with Crippen LogP contribution in [-0.2, 0) is 0 Å². The molecular formula is C17H25FN2O. The van der Waals surface area contributed by atoms with Gasteiger partial charge in [-0.25, -0.2) is 4.39 Å². The van der Waals surface area contributed by atoms with Crippen LogP contribution in [0.2, 0.25) is 0 Å². The fraction of sp³-hybridized carbons (Fsp3) is 0.647. The summed E-state index contributed by atoms with van der Waals surface area (Å²) in [6.45, 7) is 2.26. The molecule has 2 heterocycles. The molecule has 0 amide bonds. The minimum absolute atomic E-state index is 0.0542. The average molecular weight is 292 g/mol. The highest BCUT2D eigenvalue weighted by Gasteiger charge is 2.31. The predicted molar refractivity (Wildman–Crippen MR) is 81.5 cm³/mol. The Morgan fingerprint density at radius 1 is 1.19 bits per heavy atom. The fourth-order valence-corrected chi connectivity index (χ4v) is 3.73. The molecule has 21 heavy (non-hydrogen) atoms. The standard InChI is InChI=1S/C17H25FN2O/c18-14-3-1-2-13(11-14)17(21)16-5-4-15(20-16)10-12-6-8-19-9-7-12/h1-3,11-12,15-17,19-21H,4-10H2/t15-,16+,17+/m0/s1. The highest BCUT2D eigenvalue weighted by atomic mass is 19.1. The van der Waals surface area contributed by atoms with Crippen LogP contribution in [0.4, 0.5) is 4.39 Å². The van der Waals surface area contributed by atoms with E-state index < -0.39 is 6.10 Å². The Hall–Kier alpha value is -0.970. The van der Waals surface area contributed by atoms with Gasteiger partial charge in [-0.1, -0.05) is 12.1 Å². The zero-order chi connectivity index (χ0) is 14.7. The van der Waals surface area contributed by atoms with E-state index in [1.54, 1.807) is 12.1 Å². The van der Waals surface area contributed by atoms with Gasteiger partial charge in [0.25, 0.3) is 0 Å². The van der Waals surface area contributed by atoms with E-state index in [0.29, 0.717) is 11.6 Å². The van der Waals surface area contributed by atoms with Gasteiger partial charge >= 0.3 is 0 Å². The molecule has 0 aromatic heterocycles. The average Bonchev–Trinajstić information content (AvgIpc) is 2.96. The SMILES string of the molecule is O[C@H](c1cccc(F)c1)[C@H]1CC[C@@H](CC2CCNCC2)N1. The van der Waals surface area contributed by atoms with Gasteiger partial charge < -0.3 is 15.7 Å². The van der Waals surface area contributed by atoms with Gasteiger partial charge in [-0.3, -0.25) is 0 Å². The van der Waals surface area contributed by atoms with Crippen molar-refractivity contribution in [2.45, 2.75) is 50.3 Å². The van der Waals surface area contributed by atoms with E-state index in [1.165, 1.54) is 31.4 Å². The van der Waals surface area contributed by atoms with E-state index in [-0.39, 0.29) is 11.9 Å². The van der Waals surface area contributed by atoms with E-state index in [9.17, 15) is 9.50 Å².